The SMILES string of the molecule is COc1ccc(-c2cc(C(F)F)c3c(C4CC4)nn(-c4ccccc4)c3n2)cc1. The number of alkyl halides is 2. The lowest BCUT2D eigenvalue weighted by Gasteiger charge is -2.09. The average Bonchev–Trinajstić information content (AvgIpc) is 3.54. The van der Waals surface area contributed by atoms with E-state index < -0.39 is 6.43 Å². The van der Waals surface area contributed by atoms with E-state index in [4.69, 9.17) is 14.8 Å². The third-order valence-corrected chi connectivity index (χ3v) is 5.28. The molecule has 2 heterocycles. The number of methoxy groups -OCH3 is 1. The van der Waals surface area contributed by atoms with Crippen LogP contribution in [-0.2, 0) is 0 Å². The van der Waals surface area contributed by atoms with Gasteiger partial charge in [0.05, 0.1) is 29.6 Å². The van der Waals surface area contributed by atoms with Crippen LogP contribution in [0.25, 0.3) is 28.0 Å². The summed E-state index contributed by atoms with van der Waals surface area (Å²) in [5, 5.41) is 5.22. The number of benzene rings is 2. The molecule has 4 nitrogen and oxygen atoms in total. The highest BCUT2D eigenvalue weighted by Crippen LogP contribution is 2.45. The van der Waals surface area contributed by atoms with E-state index in [1.54, 1.807) is 23.9 Å². The molecule has 2 aromatic heterocycles. The first-order chi connectivity index (χ1) is 14.2. The highest BCUT2D eigenvalue weighted by molar-refractivity contribution is 5.87. The second-order valence-corrected chi connectivity index (χ2v) is 7.23. The molecule has 0 bridgehead atoms. The number of pyridine rings is 1. The molecule has 5 rings (SSSR count). The molecule has 146 valence electrons. The van der Waals surface area contributed by atoms with E-state index in [0.29, 0.717) is 22.5 Å². The normalized spacial score (nSPS) is 13.9. The lowest BCUT2D eigenvalue weighted by atomic mass is 10.0. The molecule has 0 amide bonds. The van der Waals surface area contributed by atoms with Crippen LogP contribution in [0.3, 0.4) is 0 Å². The summed E-state index contributed by atoms with van der Waals surface area (Å²) < 4.78 is 35.1. The largest absolute Gasteiger partial charge is 0.497 e. The molecule has 1 saturated carbocycles. The van der Waals surface area contributed by atoms with Gasteiger partial charge in [-0.3, -0.25) is 0 Å². The fourth-order valence-corrected chi connectivity index (χ4v) is 3.65. The molecule has 0 N–H and O–H groups in total. The summed E-state index contributed by atoms with van der Waals surface area (Å²) in [6.07, 6.45) is -0.656. The molecule has 1 fully saturated rings. The van der Waals surface area contributed by atoms with Crippen LogP contribution >= 0.6 is 0 Å². The first-order valence-corrected chi connectivity index (χ1v) is 9.57. The smallest absolute Gasteiger partial charge is 0.264 e. The van der Waals surface area contributed by atoms with Gasteiger partial charge < -0.3 is 4.74 Å². The molecular formula is C23H19F2N3O. The zero-order chi connectivity index (χ0) is 20.0. The average molecular weight is 391 g/mol. The lowest BCUT2D eigenvalue weighted by Crippen LogP contribution is -1.99. The van der Waals surface area contributed by atoms with Crippen molar-refractivity contribution in [3.8, 4) is 22.7 Å². The summed E-state index contributed by atoms with van der Waals surface area (Å²) in [7, 11) is 1.59. The van der Waals surface area contributed by atoms with Gasteiger partial charge in [0.15, 0.2) is 5.65 Å². The Bertz CT molecular complexity index is 1170. The number of aromatic nitrogens is 3. The Morgan fingerprint density at radius 1 is 1.03 bits per heavy atom. The zero-order valence-electron chi connectivity index (χ0n) is 15.8. The van der Waals surface area contributed by atoms with Gasteiger partial charge in [0.1, 0.15) is 5.75 Å². The quantitative estimate of drug-likeness (QED) is 0.424. The Morgan fingerprint density at radius 3 is 2.38 bits per heavy atom. The van der Waals surface area contributed by atoms with Crippen molar-refractivity contribution in [2.45, 2.75) is 25.2 Å². The van der Waals surface area contributed by atoms with E-state index in [1.807, 2.05) is 42.5 Å². The standard InChI is InChI=1S/C23H19F2N3O/c1-29-17-11-9-14(10-12-17)19-13-18(22(24)25)20-21(15-7-8-15)27-28(23(20)26-19)16-5-3-2-4-6-16/h2-6,9-13,15,22H,7-8H2,1H3. The van der Waals surface area contributed by atoms with E-state index in [9.17, 15) is 8.78 Å². The topological polar surface area (TPSA) is 39.9 Å². The molecule has 0 spiro atoms. The van der Waals surface area contributed by atoms with Gasteiger partial charge in [0.25, 0.3) is 6.43 Å². The van der Waals surface area contributed by atoms with Crippen LogP contribution in [0.1, 0.15) is 36.4 Å². The second-order valence-electron chi connectivity index (χ2n) is 7.23. The van der Waals surface area contributed by atoms with Gasteiger partial charge in [0, 0.05) is 17.0 Å². The predicted octanol–water partition coefficient (Wildman–Crippen LogP) is 5.91. The van der Waals surface area contributed by atoms with Gasteiger partial charge >= 0.3 is 0 Å². The summed E-state index contributed by atoms with van der Waals surface area (Å²) in [5.41, 5.74) is 3.25. The van der Waals surface area contributed by atoms with Gasteiger partial charge in [0.2, 0.25) is 0 Å². The van der Waals surface area contributed by atoms with E-state index in [2.05, 4.69) is 0 Å². The summed E-state index contributed by atoms with van der Waals surface area (Å²) in [6.45, 7) is 0. The third-order valence-electron chi connectivity index (χ3n) is 5.28. The van der Waals surface area contributed by atoms with Crippen molar-refractivity contribution < 1.29 is 13.5 Å². The lowest BCUT2D eigenvalue weighted by molar-refractivity contribution is 0.153. The molecule has 0 unspecified atom stereocenters. The van der Waals surface area contributed by atoms with Crippen LogP contribution in [0.4, 0.5) is 8.78 Å². The van der Waals surface area contributed by atoms with Crippen molar-refractivity contribution in [2.24, 2.45) is 0 Å². The van der Waals surface area contributed by atoms with E-state index in [1.165, 1.54) is 6.07 Å². The van der Waals surface area contributed by atoms with Crippen LogP contribution in [-0.4, -0.2) is 21.9 Å². The maximum absolute atomic E-state index is 14.1. The maximum atomic E-state index is 14.1. The first kappa shape index (κ1) is 17.8. The van der Waals surface area contributed by atoms with E-state index >= 15 is 0 Å². The van der Waals surface area contributed by atoms with Gasteiger partial charge in [-0.2, -0.15) is 5.10 Å². The number of hydrogen-bond donors (Lipinski definition) is 0. The second kappa shape index (κ2) is 6.95. The zero-order valence-corrected chi connectivity index (χ0v) is 15.8. The fourth-order valence-electron chi connectivity index (χ4n) is 3.65. The fraction of sp³-hybridized carbons (Fsp3) is 0.217. The molecule has 6 heteroatoms. The van der Waals surface area contributed by atoms with Gasteiger partial charge in [-0.1, -0.05) is 18.2 Å². The molecule has 0 aliphatic heterocycles. The molecule has 1 aliphatic carbocycles. The van der Waals surface area contributed by atoms with Crippen molar-refractivity contribution in [3.05, 3.63) is 71.9 Å². The minimum absolute atomic E-state index is 0.00935. The van der Waals surface area contributed by atoms with Crippen molar-refractivity contribution >= 4 is 11.0 Å². The van der Waals surface area contributed by atoms with Crippen LogP contribution < -0.4 is 4.74 Å². The van der Waals surface area contributed by atoms with E-state index in [-0.39, 0.29) is 11.5 Å². The summed E-state index contributed by atoms with van der Waals surface area (Å²) in [5.74, 6) is 0.933. The van der Waals surface area contributed by atoms with Crippen molar-refractivity contribution in [2.75, 3.05) is 7.11 Å². The number of halogens is 2. The van der Waals surface area contributed by atoms with Crippen molar-refractivity contribution in [3.63, 3.8) is 0 Å². The minimum atomic E-state index is -2.61. The Hall–Kier alpha value is -3.28. The molecule has 2 aromatic carbocycles. The summed E-state index contributed by atoms with van der Waals surface area (Å²) >= 11 is 0. The maximum Gasteiger partial charge on any atom is 0.264 e. The highest BCUT2D eigenvalue weighted by Gasteiger charge is 2.32. The molecule has 0 saturated heterocycles. The van der Waals surface area contributed by atoms with Gasteiger partial charge in [-0.25, -0.2) is 18.4 Å². The number of ether oxygens (including phenoxy) is 1. The monoisotopic (exact) mass is 391 g/mol. The summed E-state index contributed by atoms with van der Waals surface area (Å²) in [6, 6.07) is 18.3. The minimum Gasteiger partial charge on any atom is -0.497 e. The highest BCUT2D eigenvalue weighted by atomic mass is 19.3. The Balaban J connectivity index is 1.78. The van der Waals surface area contributed by atoms with Crippen molar-refractivity contribution in [1.29, 1.82) is 0 Å². The Kier molecular flexibility index (Phi) is 4.27. The number of rotatable bonds is 5. The van der Waals surface area contributed by atoms with Gasteiger partial charge in [-0.05, 0) is 55.3 Å². The molecule has 4 aromatic rings. The number of fused-ring (bicyclic) bond motifs is 1. The Morgan fingerprint density at radius 2 is 1.76 bits per heavy atom. The first-order valence-electron chi connectivity index (χ1n) is 9.57. The van der Waals surface area contributed by atoms with Gasteiger partial charge in [-0.15, -0.1) is 0 Å². The van der Waals surface area contributed by atoms with Crippen molar-refractivity contribution in [1.82, 2.24) is 14.8 Å². The molecule has 0 radical (unpaired) electrons. The van der Waals surface area contributed by atoms with Crippen LogP contribution in [0.2, 0.25) is 0 Å². The Labute approximate surface area is 166 Å². The number of hydrogen-bond acceptors (Lipinski definition) is 3. The predicted molar refractivity (Wildman–Crippen MR) is 108 cm³/mol. The third kappa shape index (κ3) is 3.14. The molecule has 0 atom stereocenters. The van der Waals surface area contributed by atoms with Crippen LogP contribution in [0.5, 0.6) is 5.75 Å². The number of nitrogens with zero attached hydrogens (tertiary/aromatic N) is 3. The summed E-state index contributed by atoms with van der Waals surface area (Å²) in [4.78, 5) is 4.78. The van der Waals surface area contributed by atoms with Crippen LogP contribution in [0.15, 0.2) is 60.7 Å². The molecule has 29 heavy (non-hydrogen) atoms. The van der Waals surface area contributed by atoms with E-state index in [0.717, 1.165) is 29.8 Å². The number of para-hydroxylation sites is 1. The van der Waals surface area contributed by atoms with Crippen LogP contribution in [0, 0.1) is 0 Å². The molecular weight excluding hydrogens is 372 g/mol. The molecule has 1 aliphatic rings.